The van der Waals surface area contributed by atoms with Gasteiger partial charge in [-0.05, 0) is 19.1 Å². The van der Waals surface area contributed by atoms with Gasteiger partial charge in [-0.25, -0.2) is 4.98 Å². The van der Waals surface area contributed by atoms with E-state index in [9.17, 15) is 0 Å². The molecule has 0 N–H and O–H groups in total. The van der Waals surface area contributed by atoms with Gasteiger partial charge >= 0.3 is 0 Å². The second-order valence-corrected chi connectivity index (χ2v) is 3.96. The van der Waals surface area contributed by atoms with Crippen LogP contribution in [0.25, 0.3) is 10.2 Å². The summed E-state index contributed by atoms with van der Waals surface area (Å²) < 4.78 is 6.44. The van der Waals surface area contributed by atoms with E-state index in [0.29, 0.717) is 0 Å². The molecular weight excluding hydrogens is 182 g/mol. The average Bonchev–Trinajstić information content (AvgIpc) is 2.59. The van der Waals surface area contributed by atoms with E-state index in [1.54, 1.807) is 18.4 Å². The standard InChI is InChI=1S/C10H11NOS/c1-7(12-2)10-11-8-5-3-4-6-9(8)13-10/h3-7H,1-2H3. The Labute approximate surface area is 81.2 Å². The number of thiazole rings is 1. The maximum atomic E-state index is 5.21. The normalized spacial score (nSPS) is 13.4. The predicted octanol–water partition coefficient (Wildman–Crippen LogP) is 3.00. The highest BCUT2D eigenvalue weighted by molar-refractivity contribution is 7.18. The largest absolute Gasteiger partial charge is 0.375 e. The summed E-state index contributed by atoms with van der Waals surface area (Å²) in [7, 11) is 1.71. The maximum Gasteiger partial charge on any atom is 0.122 e. The van der Waals surface area contributed by atoms with Crippen molar-refractivity contribution in [3.05, 3.63) is 29.3 Å². The third-order valence-corrected chi connectivity index (χ3v) is 3.21. The summed E-state index contributed by atoms with van der Waals surface area (Å²) in [6, 6.07) is 8.14. The van der Waals surface area contributed by atoms with Crippen molar-refractivity contribution in [2.45, 2.75) is 13.0 Å². The summed E-state index contributed by atoms with van der Waals surface area (Å²) in [5.74, 6) is 0. The molecule has 2 rings (SSSR count). The SMILES string of the molecule is COC(C)c1nc2ccccc2s1. The third kappa shape index (κ3) is 1.57. The number of para-hydroxylation sites is 1. The molecule has 1 aromatic heterocycles. The van der Waals surface area contributed by atoms with E-state index in [1.807, 2.05) is 25.1 Å². The van der Waals surface area contributed by atoms with Crippen molar-refractivity contribution in [1.29, 1.82) is 0 Å². The molecule has 0 aliphatic carbocycles. The molecule has 1 unspecified atom stereocenters. The van der Waals surface area contributed by atoms with Crippen LogP contribution in [0, 0.1) is 0 Å². The van der Waals surface area contributed by atoms with Crippen LogP contribution < -0.4 is 0 Å². The highest BCUT2D eigenvalue weighted by Crippen LogP contribution is 2.27. The van der Waals surface area contributed by atoms with Gasteiger partial charge in [0, 0.05) is 7.11 Å². The van der Waals surface area contributed by atoms with Crippen molar-refractivity contribution < 1.29 is 4.74 Å². The summed E-state index contributed by atoms with van der Waals surface area (Å²) in [4.78, 5) is 4.48. The van der Waals surface area contributed by atoms with Gasteiger partial charge in [0.15, 0.2) is 0 Å². The van der Waals surface area contributed by atoms with Crippen molar-refractivity contribution in [3.63, 3.8) is 0 Å². The molecule has 0 aliphatic rings. The fraction of sp³-hybridized carbons (Fsp3) is 0.300. The number of nitrogens with zero attached hydrogens (tertiary/aromatic N) is 1. The molecule has 0 saturated carbocycles. The first kappa shape index (κ1) is 8.66. The van der Waals surface area contributed by atoms with Gasteiger partial charge in [0.25, 0.3) is 0 Å². The molecule has 0 bridgehead atoms. The summed E-state index contributed by atoms with van der Waals surface area (Å²) >= 11 is 1.69. The molecule has 13 heavy (non-hydrogen) atoms. The molecule has 0 amide bonds. The second-order valence-electron chi connectivity index (χ2n) is 2.90. The van der Waals surface area contributed by atoms with E-state index in [2.05, 4.69) is 11.1 Å². The van der Waals surface area contributed by atoms with E-state index in [4.69, 9.17) is 4.74 Å². The number of benzene rings is 1. The first-order chi connectivity index (χ1) is 6.31. The number of ether oxygens (including phenoxy) is 1. The Morgan fingerprint density at radius 1 is 1.38 bits per heavy atom. The van der Waals surface area contributed by atoms with Gasteiger partial charge in [-0.1, -0.05) is 12.1 Å². The average molecular weight is 193 g/mol. The zero-order chi connectivity index (χ0) is 9.26. The molecule has 3 heteroatoms. The Morgan fingerprint density at radius 3 is 2.85 bits per heavy atom. The minimum Gasteiger partial charge on any atom is -0.375 e. The maximum absolute atomic E-state index is 5.21. The van der Waals surface area contributed by atoms with Crippen LogP contribution in [0.15, 0.2) is 24.3 Å². The van der Waals surface area contributed by atoms with Crippen LogP contribution in [0.4, 0.5) is 0 Å². The van der Waals surface area contributed by atoms with E-state index in [-0.39, 0.29) is 6.10 Å². The molecule has 0 spiro atoms. The van der Waals surface area contributed by atoms with Crippen LogP contribution in [0.3, 0.4) is 0 Å². The minimum atomic E-state index is 0.0948. The smallest absolute Gasteiger partial charge is 0.122 e. The lowest BCUT2D eigenvalue weighted by Crippen LogP contribution is -1.93. The molecule has 2 nitrogen and oxygen atoms in total. The van der Waals surface area contributed by atoms with Crippen LogP contribution in [0.2, 0.25) is 0 Å². The molecular formula is C10H11NOS. The van der Waals surface area contributed by atoms with Gasteiger partial charge in [0.2, 0.25) is 0 Å². The van der Waals surface area contributed by atoms with E-state index in [1.165, 1.54) is 4.70 Å². The number of aromatic nitrogens is 1. The lowest BCUT2D eigenvalue weighted by Gasteiger charge is -2.02. The van der Waals surface area contributed by atoms with Crippen LogP contribution in [-0.4, -0.2) is 12.1 Å². The van der Waals surface area contributed by atoms with Crippen molar-refractivity contribution in [1.82, 2.24) is 4.98 Å². The Bertz CT molecular complexity index is 377. The molecule has 0 saturated heterocycles. The molecule has 1 heterocycles. The quantitative estimate of drug-likeness (QED) is 0.731. The molecule has 0 radical (unpaired) electrons. The highest BCUT2D eigenvalue weighted by atomic mass is 32.1. The predicted molar refractivity (Wildman–Crippen MR) is 55.0 cm³/mol. The van der Waals surface area contributed by atoms with Crippen LogP contribution >= 0.6 is 11.3 Å². The summed E-state index contributed by atoms with van der Waals surface area (Å²) in [5, 5.41) is 1.05. The van der Waals surface area contributed by atoms with Crippen LogP contribution in [-0.2, 0) is 4.74 Å². The monoisotopic (exact) mass is 193 g/mol. The fourth-order valence-electron chi connectivity index (χ4n) is 1.16. The Morgan fingerprint density at radius 2 is 2.15 bits per heavy atom. The van der Waals surface area contributed by atoms with Crippen molar-refractivity contribution in [3.8, 4) is 0 Å². The Kier molecular flexibility index (Phi) is 2.29. The lowest BCUT2D eigenvalue weighted by atomic mass is 10.3. The molecule has 1 atom stereocenters. The van der Waals surface area contributed by atoms with Gasteiger partial charge in [0.05, 0.1) is 10.2 Å². The fourth-order valence-corrected chi connectivity index (χ4v) is 2.16. The highest BCUT2D eigenvalue weighted by Gasteiger charge is 2.09. The molecule has 68 valence electrons. The number of fused-ring (bicyclic) bond motifs is 1. The number of hydrogen-bond acceptors (Lipinski definition) is 3. The van der Waals surface area contributed by atoms with Crippen molar-refractivity contribution in [2.75, 3.05) is 7.11 Å². The van der Waals surface area contributed by atoms with E-state index in [0.717, 1.165) is 10.5 Å². The minimum absolute atomic E-state index is 0.0948. The van der Waals surface area contributed by atoms with E-state index < -0.39 is 0 Å². The van der Waals surface area contributed by atoms with Crippen LogP contribution in [0.1, 0.15) is 18.0 Å². The third-order valence-electron chi connectivity index (χ3n) is 2.01. The Hall–Kier alpha value is -0.930. The molecule has 0 aliphatic heterocycles. The summed E-state index contributed by atoms with van der Waals surface area (Å²) in [6.45, 7) is 2.01. The van der Waals surface area contributed by atoms with Gasteiger partial charge in [-0.2, -0.15) is 0 Å². The summed E-state index contributed by atoms with van der Waals surface area (Å²) in [5.41, 5.74) is 1.06. The summed E-state index contributed by atoms with van der Waals surface area (Å²) in [6.07, 6.45) is 0.0948. The molecule has 2 aromatic rings. The second kappa shape index (κ2) is 3.44. The van der Waals surface area contributed by atoms with Crippen LogP contribution in [0.5, 0.6) is 0 Å². The van der Waals surface area contributed by atoms with E-state index >= 15 is 0 Å². The topological polar surface area (TPSA) is 22.1 Å². The zero-order valence-corrected chi connectivity index (χ0v) is 8.47. The lowest BCUT2D eigenvalue weighted by molar-refractivity contribution is 0.119. The number of methoxy groups -OCH3 is 1. The zero-order valence-electron chi connectivity index (χ0n) is 7.65. The first-order valence-electron chi connectivity index (χ1n) is 4.19. The van der Waals surface area contributed by atoms with Gasteiger partial charge in [-0.3, -0.25) is 0 Å². The Balaban J connectivity index is 2.49. The van der Waals surface area contributed by atoms with Gasteiger partial charge in [-0.15, -0.1) is 11.3 Å². The van der Waals surface area contributed by atoms with Crippen molar-refractivity contribution in [2.24, 2.45) is 0 Å². The number of rotatable bonds is 2. The first-order valence-corrected chi connectivity index (χ1v) is 5.01. The van der Waals surface area contributed by atoms with Crippen molar-refractivity contribution >= 4 is 21.6 Å². The molecule has 0 fully saturated rings. The van der Waals surface area contributed by atoms with Gasteiger partial charge < -0.3 is 4.74 Å². The number of hydrogen-bond donors (Lipinski definition) is 0. The molecule has 1 aromatic carbocycles. The van der Waals surface area contributed by atoms with Gasteiger partial charge in [0.1, 0.15) is 11.1 Å².